The third kappa shape index (κ3) is 2.99. The Labute approximate surface area is 108 Å². The van der Waals surface area contributed by atoms with Gasteiger partial charge < -0.3 is 10.4 Å². The number of hydrogen-bond donors (Lipinski definition) is 2. The molecular weight excluding hydrogens is 255 g/mol. The minimum absolute atomic E-state index is 0.0811. The number of phenolic OH excluding ortho intramolecular Hbond substituents is 1. The Kier molecular flexibility index (Phi) is 3.64. The Morgan fingerprint density at radius 3 is 2.32 bits per heavy atom. The van der Waals surface area contributed by atoms with Crippen LogP contribution in [-0.4, -0.2) is 5.11 Å². The molecule has 0 aromatic heterocycles. The third-order valence-corrected chi connectivity index (χ3v) is 2.76. The first-order valence-corrected chi connectivity index (χ1v) is 5.67. The van der Waals surface area contributed by atoms with E-state index in [-0.39, 0.29) is 11.4 Å². The molecule has 0 amide bonds. The van der Waals surface area contributed by atoms with Crippen molar-refractivity contribution in [3.05, 3.63) is 59.4 Å². The van der Waals surface area contributed by atoms with E-state index in [0.29, 0.717) is 5.56 Å². The Morgan fingerprint density at radius 1 is 1.00 bits per heavy atom. The summed E-state index contributed by atoms with van der Waals surface area (Å²) in [5.41, 5.74) is 0.376. The molecule has 2 N–H and O–H groups in total. The average Bonchev–Trinajstić information content (AvgIpc) is 2.35. The van der Waals surface area contributed by atoms with Crippen molar-refractivity contribution < 1.29 is 18.3 Å². The quantitative estimate of drug-likeness (QED) is 0.881. The molecule has 0 saturated heterocycles. The summed E-state index contributed by atoms with van der Waals surface area (Å²) < 4.78 is 39.4. The van der Waals surface area contributed by atoms with Gasteiger partial charge in [-0.05, 0) is 37.3 Å². The molecule has 1 atom stereocenters. The van der Waals surface area contributed by atoms with Crippen LogP contribution in [-0.2, 0) is 0 Å². The number of rotatable bonds is 3. The van der Waals surface area contributed by atoms with E-state index in [1.54, 1.807) is 6.92 Å². The average molecular weight is 267 g/mol. The van der Waals surface area contributed by atoms with Crippen LogP contribution in [0.25, 0.3) is 0 Å². The van der Waals surface area contributed by atoms with E-state index in [4.69, 9.17) is 0 Å². The maximum absolute atomic E-state index is 13.5. The number of benzene rings is 2. The van der Waals surface area contributed by atoms with Crippen LogP contribution >= 0.6 is 0 Å². The van der Waals surface area contributed by atoms with Crippen LogP contribution in [0.1, 0.15) is 18.5 Å². The van der Waals surface area contributed by atoms with Crippen molar-refractivity contribution in [3.8, 4) is 5.75 Å². The second-order valence-electron chi connectivity index (χ2n) is 4.19. The smallest absolute Gasteiger partial charge is 0.149 e. The second kappa shape index (κ2) is 5.22. The van der Waals surface area contributed by atoms with Crippen LogP contribution < -0.4 is 5.32 Å². The van der Waals surface area contributed by atoms with E-state index < -0.39 is 23.5 Å². The van der Waals surface area contributed by atoms with E-state index in [1.807, 2.05) is 0 Å². The molecule has 2 nitrogen and oxygen atoms in total. The lowest BCUT2D eigenvalue weighted by molar-refractivity contribution is 0.462. The van der Waals surface area contributed by atoms with Crippen molar-refractivity contribution in [2.45, 2.75) is 13.0 Å². The first kappa shape index (κ1) is 13.3. The first-order valence-electron chi connectivity index (χ1n) is 5.67. The molecule has 0 fully saturated rings. The van der Waals surface area contributed by atoms with Gasteiger partial charge >= 0.3 is 0 Å². The largest absolute Gasteiger partial charge is 0.508 e. The molecule has 0 aliphatic rings. The fraction of sp³-hybridized carbons (Fsp3) is 0.143. The predicted octanol–water partition coefficient (Wildman–Crippen LogP) is 3.98. The van der Waals surface area contributed by atoms with Crippen LogP contribution in [0.3, 0.4) is 0 Å². The highest BCUT2D eigenvalue weighted by Crippen LogP contribution is 2.28. The summed E-state index contributed by atoms with van der Waals surface area (Å²) in [4.78, 5) is 0. The van der Waals surface area contributed by atoms with Crippen molar-refractivity contribution in [2.75, 3.05) is 5.32 Å². The molecule has 19 heavy (non-hydrogen) atoms. The molecule has 2 rings (SSSR count). The molecule has 100 valence electrons. The molecule has 2 aromatic rings. The normalized spacial score (nSPS) is 12.2. The van der Waals surface area contributed by atoms with Crippen molar-refractivity contribution in [1.29, 1.82) is 0 Å². The van der Waals surface area contributed by atoms with Crippen LogP contribution in [0.15, 0.2) is 36.4 Å². The highest BCUT2D eigenvalue weighted by molar-refractivity contribution is 5.48. The van der Waals surface area contributed by atoms with E-state index in [1.165, 1.54) is 12.1 Å². The number of hydrogen-bond acceptors (Lipinski definition) is 2. The van der Waals surface area contributed by atoms with Crippen LogP contribution in [0.4, 0.5) is 18.9 Å². The molecule has 2 aromatic carbocycles. The molecule has 5 heteroatoms. The molecule has 0 saturated carbocycles. The summed E-state index contributed by atoms with van der Waals surface area (Å²) in [7, 11) is 0. The summed E-state index contributed by atoms with van der Waals surface area (Å²) in [6.07, 6.45) is 0. The molecule has 0 aliphatic carbocycles. The fourth-order valence-corrected chi connectivity index (χ4v) is 1.79. The summed E-state index contributed by atoms with van der Waals surface area (Å²) in [6, 6.07) is 6.10. The standard InChI is InChI=1S/C14H12F3NO/c1-8(11-6-9(15)3-5-14(11)19)18-13-4-2-10(16)7-12(13)17/h2-8,18-19H,1H3. The Balaban J connectivity index is 2.25. The number of anilines is 1. The number of nitrogens with one attached hydrogen (secondary N) is 1. The molecule has 0 radical (unpaired) electrons. The fourth-order valence-electron chi connectivity index (χ4n) is 1.79. The Hall–Kier alpha value is -2.17. The third-order valence-electron chi connectivity index (χ3n) is 2.76. The van der Waals surface area contributed by atoms with Gasteiger partial charge in [0.1, 0.15) is 23.2 Å². The minimum Gasteiger partial charge on any atom is -0.508 e. The van der Waals surface area contributed by atoms with Crippen molar-refractivity contribution >= 4 is 5.69 Å². The summed E-state index contributed by atoms with van der Waals surface area (Å²) >= 11 is 0. The summed E-state index contributed by atoms with van der Waals surface area (Å²) in [5.74, 6) is -2.02. The zero-order chi connectivity index (χ0) is 14.0. The minimum atomic E-state index is -0.747. The predicted molar refractivity (Wildman–Crippen MR) is 66.5 cm³/mol. The van der Waals surface area contributed by atoms with Crippen molar-refractivity contribution in [1.82, 2.24) is 0 Å². The van der Waals surface area contributed by atoms with E-state index in [9.17, 15) is 18.3 Å². The lowest BCUT2D eigenvalue weighted by atomic mass is 10.1. The molecule has 0 heterocycles. The number of halogens is 3. The second-order valence-corrected chi connectivity index (χ2v) is 4.19. The highest BCUT2D eigenvalue weighted by atomic mass is 19.1. The van der Waals surface area contributed by atoms with Gasteiger partial charge in [-0.15, -0.1) is 0 Å². The number of phenols is 1. The van der Waals surface area contributed by atoms with Crippen LogP contribution in [0, 0.1) is 17.5 Å². The van der Waals surface area contributed by atoms with Crippen LogP contribution in [0.2, 0.25) is 0 Å². The topological polar surface area (TPSA) is 32.3 Å². The molecule has 0 spiro atoms. The van der Waals surface area contributed by atoms with Gasteiger partial charge in [0.15, 0.2) is 0 Å². The maximum Gasteiger partial charge on any atom is 0.149 e. The zero-order valence-electron chi connectivity index (χ0n) is 10.1. The van der Waals surface area contributed by atoms with Gasteiger partial charge in [-0.3, -0.25) is 0 Å². The van der Waals surface area contributed by atoms with Gasteiger partial charge in [0.2, 0.25) is 0 Å². The van der Waals surface area contributed by atoms with Crippen molar-refractivity contribution in [3.63, 3.8) is 0 Å². The summed E-state index contributed by atoms with van der Waals surface area (Å²) in [5, 5.41) is 12.4. The Morgan fingerprint density at radius 2 is 1.63 bits per heavy atom. The van der Waals surface area contributed by atoms with Gasteiger partial charge in [-0.25, -0.2) is 13.2 Å². The van der Waals surface area contributed by atoms with E-state index in [2.05, 4.69) is 5.32 Å². The Bertz CT molecular complexity index is 601. The van der Waals surface area contributed by atoms with Gasteiger partial charge in [0, 0.05) is 11.6 Å². The SMILES string of the molecule is CC(Nc1ccc(F)cc1F)c1cc(F)ccc1O. The molecular formula is C14H12F3NO. The molecule has 1 unspecified atom stereocenters. The van der Waals surface area contributed by atoms with Gasteiger partial charge in [-0.1, -0.05) is 0 Å². The summed E-state index contributed by atoms with van der Waals surface area (Å²) in [6.45, 7) is 1.64. The molecule has 0 aliphatic heterocycles. The lowest BCUT2D eigenvalue weighted by Gasteiger charge is -2.17. The van der Waals surface area contributed by atoms with Gasteiger partial charge in [-0.2, -0.15) is 0 Å². The van der Waals surface area contributed by atoms with Crippen LogP contribution in [0.5, 0.6) is 5.75 Å². The van der Waals surface area contributed by atoms with E-state index in [0.717, 1.165) is 24.3 Å². The first-order chi connectivity index (χ1) is 8.97. The van der Waals surface area contributed by atoms with Gasteiger partial charge in [0.25, 0.3) is 0 Å². The lowest BCUT2D eigenvalue weighted by Crippen LogP contribution is -2.08. The van der Waals surface area contributed by atoms with Crippen molar-refractivity contribution in [2.24, 2.45) is 0 Å². The van der Waals surface area contributed by atoms with Gasteiger partial charge in [0.05, 0.1) is 11.7 Å². The van der Waals surface area contributed by atoms with E-state index >= 15 is 0 Å². The molecule has 0 bridgehead atoms. The zero-order valence-corrected chi connectivity index (χ0v) is 10.1. The number of aromatic hydroxyl groups is 1. The maximum atomic E-state index is 13.5. The highest BCUT2D eigenvalue weighted by Gasteiger charge is 2.13. The monoisotopic (exact) mass is 267 g/mol.